The third-order valence-corrected chi connectivity index (χ3v) is 7.38. The first-order valence-electron chi connectivity index (χ1n) is 10.3. The predicted octanol–water partition coefficient (Wildman–Crippen LogP) is 4.83. The number of nitrogens with zero attached hydrogens (tertiary/aromatic N) is 3. The van der Waals surface area contributed by atoms with E-state index in [1.807, 2.05) is 32.9 Å². The lowest BCUT2D eigenvalue weighted by Gasteiger charge is -2.26. The summed E-state index contributed by atoms with van der Waals surface area (Å²) in [6, 6.07) is 24.5. The fraction of sp³-hybridized carbons (Fsp3) is 0.200. The summed E-state index contributed by atoms with van der Waals surface area (Å²) < 4.78 is 20.0. The SMILES string of the molecule is CC(C)(C)[C@H](O)c1nc2ccccc2c(=O)n1N=S(=O)(c1ccccc1)c1ccccc1. The van der Waals surface area contributed by atoms with Gasteiger partial charge in [-0.05, 0) is 41.8 Å². The van der Waals surface area contributed by atoms with Crippen LogP contribution in [-0.2, 0) is 9.73 Å². The Kier molecular flexibility index (Phi) is 5.71. The van der Waals surface area contributed by atoms with E-state index < -0.39 is 26.8 Å². The number of fused-ring (bicyclic) bond motifs is 1. The zero-order valence-electron chi connectivity index (χ0n) is 18.2. The van der Waals surface area contributed by atoms with E-state index in [0.717, 1.165) is 4.68 Å². The van der Waals surface area contributed by atoms with E-state index in [-0.39, 0.29) is 5.82 Å². The monoisotopic (exact) mass is 447 g/mol. The van der Waals surface area contributed by atoms with E-state index in [1.54, 1.807) is 72.8 Å². The van der Waals surface area contributed by atoms with Gasteiger partial charge in [-0.15, -0.1) is 4.47 Å². The van der Waals surface area contributed by atoms with Crippen LogP contribution in [0.4, 0.5) is 0 Å². The van der Waals surface area contributed by atoms with Crippen molar-refractivity contribution < 1.29 is 9.32 Å². The van der Waals surface area contributed by atoms with Crippen molar-refractivity contribution in [1.82, 2.24) is 9.66 Å². The maximum absolute atomic E-state index is 14.4. The number of benzene rings is 3. The lowest BCUT2D eigenvalue weighted by atomic mass is 9.88. The number of para-hydroxylation sites is 1. The lowest BCUT2D eigenvalue weighted by Crippen LogP contribution is -2.30. The van der Waals surface area contributed by atoms with Crippen molar-refractivity contribution in [2.45, 2.75) is 36.7 Å². The molecule has 0 aliphatic rings. The van der Waals surface area contributed by atoms with Crippen molar-refractivity contribution in [3.05, 3.63) is 101 Å². The van der Waals surface area contributed by atoms with Gasteiger partial charge in [0.25, 0.3) is 5.56 Å². The van der Waals surface area contributed by atoms with Crippen molar-refractivity contribution in [3.8, 4) is 0 Å². The minimum atomic E-state index is -3.26. The summed E-state index contributed by atoms with van der Waals surface area (Å²) in [6.07, 6.45) is -1.11. The van der Waals surface area contributed by atoms with Crippen LogP contribution >= 0.6 is 0 Å². The fourth-order valence-electron chi connectivity index (χ4n) is 3.34. The van der Waals surface area contributed by atoms with Crippen LogP contribution in [0, 0.1) is 5.41 Å². The number of aliphatic hydroxyl groups excluding tert-OH is 1. The first-order valence-corrected chi connectivity index (χ1v) is 11.8. The van der Waals surface area contributed by atoms with E-state index >= 15 is 0 Å². The molecular formula is C25H25N3O3S. The molecule has 32 heavy (non-hydrogen) atoms. The number of aliphatic hydroxyl groups is 1. The third-order valence-electron chi connectivity index (χ3n) is 5.17. The summed E-state index contributed by atoms with van der Waals surface area (Å²) in [5.74, 6) is 0.0563. The average Bonchev–Trinajstić information content (AvgIpc) is 2.81. The van der Waals surface area contributed by atoms with Crippen LogP contribution in [0.15, 0.2) is 104 Å². The Morgan fingerprint density at radius 3 is 1.91 bits per heavy atom. The molecule has 0 aliphatic heterocycles. The highest BCUT2D eigenvalue weighted by atomic mass is 32.2. The van der Waals surface area contributed by atoms with E-state index in [9.17, 15) is 14.1 Å². The van der Waals surface area contributed by atoms with Crippen LogP contribution in [0.25, 0.3) is 10.9 Å². The molecule has 0 radical (unpaired) electrons. The largest absolute Gasteiger partial charge is 0.385 e. The molecule has 0 saturated heterocycles. The van der Waals surface area contributed by atoms with E-state index in [0.29, 0.717) is 20.7 Å². The molecule has 0 amide bonds. The summed E-state index contributed by atoms with van der Waals surface area (Å²) in [5, 5.41) is 11.4. The smallest absolute Gasteiger partial charge is 0.282 e. The van der Waals surface area contributed by atoms with Crippen LogP contribution in [0.2, 0.25) is 0 Å². The first kappa shape index (κ1) is 21.9. The molecular weight excluding hydrogens is 422 g/mol. The van der Waals surface area contributed by atoms with Gasteiger partial charge in [-0.3, -0.25) is 4.79 Å². The van der Waals surface area contributed by atoms with Gasteiger partial charge in [0.15, 0.2) is 5.82 Å². The quantitative estimate of drug-likeness (QED) is 0.486. The summed E-state index contributed by atoms with van der Waals surface area (Å²) >= 11 is 0. The van der Waals surface area contributed by atoms with Crippen LogP contribution in [0.5, 0.6) is 0 Å². The number of hydrogen-bond donors (Lipinski definition) is 1. The summed E-state index contributed by atoms with van der Waals surface area (Å²) in [7, 11) is -3.26. The Morgan fingerprint density at radius 2 is 1.38 bits per heavy atom. The molecule has 0 saturated carbocycles. The molecule has 7 heteroatoms. The predicted molar refractivity (Wildman–Crippen MR) is 126 cm³/mol. The molecule has 0 bridgehead atoms. The maximum Gasteiger partial charge on any atom is 0.282 e. The maximum atomic E-state index is 14.4. The van der Waals surface area contributed by atoms with Gasteiger partial charge >= 0.3 is 0 Å². The van der Waals surface area contributed by atoms with Gasteiger partial charge in [0.1, 0.15) is 15.8 Å². The fourth-order valence-corrected chi connectivity index (χ4v) is 5.24. The molecule has 1 atom stereocenters. The number of aromatic nitrogens is 2. The van der Waals surface area contributed by atoms with Gasteiger partial charge in [-0.2, -0.15) is 4.68 Å². The molecule has 1 N–H and O–H groups in total. The summed E-state index contributed by atoms with van der Waals surface area (Å²) in [4.78, 5) is 19.0. The van der Waals surface area contributed by atoms with Crippen molar-refractivity contribution >= 4 is 20.6 Å². The second-order valence-electron chi connectivity index (χ2n) is 8.61. The van der Waals surface area contributed by atoms with Crippen LogP contribution < -0.4 is 5.56 Å². The normalized spacial score (nSPS) is 13.1. The molecule has 3 aromatic carbocycles. The lowest BCUT2D eigenvalue weighted by molar-refractivity contribution is 0.0514. The molecule has 4 aromatic rings. The van der Waals surface area contributed by atoms with E-state index in [1.165, 1.54) is 0 Å². The van der Waals surface area contributed by atoms with Crippen molar-refractivity contribution in [3.63, 3.8) is 0 Å². The first-order chi connectivity index (χ1) is 15.2. The Hall–Kier alpha value is -3.29. The number of hydrogen-bond acceptors (Lipinski definition) is 5. The van der Waals surface area contributed by atoms with Gasteiger partial charge in [0, 0.05) is 0 Å². The molecule has 0 fully saturated rings. The minimum absolute atomic E-state index is 0.0563. The average molecular weight is 448 g/mol. The van der Waals surface area contributed by atoms with Crippen LogP contribution in [0.1, 0.15) is 32.7 Å². The van der Waals surface area contributed by atoms with E-state index in [4.69, 9.17) is 0 Å². The van der Waals surface area contributed by atoms with E-state index in [2.05, 4.69) is 9.46 Å². The molecule has 1 aromatic heterocycles. The Labute approximate surface area is 187 Å². The van der Waals surface area contributed by atoms with Gasteiger partial charge in [0.2, 0.25) is 0 Å². The summed E-state index contributed by atoms with van der Waals surface area (Å²) in [5.41, 5.74) is -0.652. The highest BCUT2D eigenvalue weighted by Crippen LogP contribution is 2.32. The second kappa shape index (κ2) is 8.33. The Balaban J connectivity index is 2.14. The molecule has 0 aliphatic carbocycles. The molecule has 0 spiro atoms. The Morgan fingerprint density at radius 1 is 0.875 bits per heavy atom. The van der Waals surface area contributed by atoms with Crippen molar-refractivity contribution in [2.24, 2.45) is 9.89 Å². The standard InChI is InChI=1S/C25H25N3O3S/c1-25(2,3)22(29)23-26-21-17-11-10-16-20(21)24(30)28(23)27-32(31,18-12-6-4-7-13-18)19-14-8-5-9-15-19/h4-17,22,29H,1-3H3/t22-/m1/s1. The van der Waals surface area contributed by atoms with Crippen molar-refractivity contribution in [1.29, 1.82) is 0 Å². The molecule has 164 valence electrons. The summed E-state index contributed by atoms with van der Waals surface area (Å²) in [6.45, 7) is 5.53. The van der Waals surface area contributed by atoms with Crippen molar-refractivity contribution in [2.75, 3.05) is 0 Å². The third kappa shape index (κ3) is 3.97. The molecule has 4 rings (SSSR count). The van der Waals surface area contributed by atoms with Crippen LogP contribution in [-0.4, -0.2) is 19.0 Å². The highest BCUT2D eigenvalue weighted by Gasteiger charge is 2.30. The highest BCUT2D eigenvalue weighted by molar-refractivity contribution is 7.93. The molecule has 0 unspecified atom stereocenters. The van der Waals surface area contributed by atoms with Crippen LogP contribution in [0.3, 0.4) is 0 Å². The minimum Gasteiger partial charge on any atom is -0.385 e. The zero-order valence-corrected chi connectivity index (χ0v) is 19.0. The Bertz CT molecular complexity index is 1390. The van der Waals surface area contributed by atoms with Gasteiger partial charge < -0.3 is 5.11 Å². The van der Waals surface area contributed by atoms with Gasteiger partial charge in [-0.25, -0.2) is 9.19 Å². The van der Waals surface area contributed by atoms with Gasteiger partial charge in [-0.1, -0.05) is 69.3 Å². The zero-order chi connectivity index (χ0) is 22.9. The molecule has 1 heterocycles. The molecule has 6 nitrogen and oxygen atoms in total. The topological polar surface area (TPSA) is 84.6 Å². The van der Waals surface area contributed by atoms with Gasteiger partial charge in [0.05, 0.1) is 20.7 Å². The second-order valence-corrected chi connectivity index (χ2v) is 10.8. The number of rotatable bonds is 4.